The van der Waals surface area contributed by atoms with Gasteiger partial charge in [-0.1, -0.05) is 0 Å². The van der Waals surface area contributed by atoms with Crippen molar-refractivity contribution in [1.82, 2.24) is 20.2 Å². The molecule has 0 unspecified atom stereocenters. The van der Waals surface area contributed by atoms with Crippen LogP contribution in [-0.2, 0) is 0 Å². The van der Waals surface area contributed by atoms with E-state index in [9.17, 15) is 4.79 Å². The van der Waals surface area contributed by atoms with Gasteiger partial charge in [0.2, 0.25) is 0 Å². The van der Waals surface area contributed by atoms with E-state index in [4.69, 9.17) is 0 Å². The first-order valence-corrected chi connectivity index (χ1v) is 7.02. The summed E-state index contributed by atoms with van der Waals surface area (Å²) in [7, 11) is 0. The van der Waals surface area contributed by atoms with Gasteiger partial charge in [-0.05, 0) is 44.7 Å². The summed E-state index contributed by atoms with van der Waals surface area (Å²) < 4.78 is 0. The van der Waals surface area contributed by atoms with Gasteiger partial charge in [0.25, 0.3) is 5.91 Å². The van der Waals surface area contributed by atoms with Crippen LogP contribution in [0.2, 0.25) is 0 Å². The van der Waals surface area contributed by atoms with Gasteiger partial charge in [0, 0.05) is 19.3 Å². The number of hydrogen-bond donors (Lipinski definition) is 1. The average Bonchev–Trinajstić information content (AvgIpc) is 2.78. The highest BCUT2D eigenvalue weighted by Crippen LogP contribution is 2.27. The van der Waals surface area contributed by atoms with Crippen molar-refractivity contribution in [3.05, 3.63) is 23.8 Å². The molecule has 6 heteroatoms. The second-order valence-corrected chi connectivity index (χ2v) is 5.57. The van der Waals surface area contributed by atoms with Crippen molar-refractivity contribution in [1.29, 1.82) is 0 Å². The topological polar surface area (TPSA) is 58.1 Å². The summed E-state index contributed by atoms with van der Waals surface area (Å²) in [6.07, 6.45) is 5.34. The van der Waals surface area contributed by atoms with Gasteiger partial charge in [0.15, 0.2) is 0 Å². The number of likely N-dealkylation sites (tertiary alicyclic amines) is 1. The summed E-state index contributed by atoms with van der Waals surface area (Å²) >= 11 is 0. The quantitative estimate of drug-likeness (QED) is 0.848. The minimum atomic E-state index is 0. The number of rotatable bonds is 1. The maximum Gasteiger partial charge on any atom is 0.257 e. The summed E-state index contributed by atoms with van der Waals surface area (Å²) in [5.41, 5.74) is 1.42. The first-order valence-electron chi connectivity index (χ1n) is 7.02. The number of fused-ring (bicyclic) bond motifs is 1. The maximum atomic E-state index is 12.5. The fourth-order valence-corrected chi connectivity index (χ4v) is 3.19. The van der Waals surface area contributed by atoms with Crippen LogP contribution in [0.25, 0.3) is 0 Å². The van der Waals surface area contributed by atoms with Gasteiger partial charge in [0.1, 0.15) is 6.33 Å². The van der Waals surface area contributed by atoms with Gasteiger partial charge in [0.05, 0.1) is 11.3 Å². The lowest BCUT2D eigenvalue weighted by Crippen LogP contribution is -2.33. The Labute approximate surface area is 125 Å². The largest absolute Gasteiger partial charge is 0.339 e. The van der Waals surface area contributed by atoms with Crippen LogP contribution < -0.4 is 5.32 Å². The van der Waals surface area contributed by atoms with Crippen molar-refractivity contribution in [2.45, 2.75) is 19.8 Å². The second-order valence-electron chi connectivity index (χ2n) is 5.57. The standard InChI is InChI=1S/C14H20N4O.ClH/c1-10-13(8-16-9-17-10)14(19)18-4-2-11-6-15-7-12(11)3-5-18;/h8-9,11-12,15H,2-7H2,1H3;1H/t11-,12+;. The predicted octanol–water partition coefficient (Wildman–Crippen LogP) is 1.28. The van der Waals surface area contributed by atoms with Crippen LogP contribution in [0.3, 0.4) is 0 Å². The van der Waals surface area contributed by atoms with Crippen molar-refractivity contribution >= 4 is 18.3 Å². The zero-order valence-corrected chi connectivity index (χ0v) is 12.5. The van der Waals surface area contributed by atoms with Gasteiger partial charge in [-0.15, -0.1) is 12.4 Å². The molecule has 2 aliphatic heterocycles. The molecule has 1 aromatic rings. The van der Waals surface area contributed by atoms with Crippen LogP contribution in [0.5, 0.6) is 0 Å². The van der Waals surface area contributed by atoms with Crippen molar-refractivity contribution in [3.8, 4) is 0 Å². The molecule has 0 spiro atoms. The van der Waals surface area contributed by atoms with E-state index in [1.54, 1.807) is 6.20 Å². The molecule has 1 amide bonds. The van der Waals surface area contributed by atoms with Gasteiger partial charge in [-0.2, -0.15) is 0 Å². The molecule has 2 fully saturated rings. The molecule has 5 nitrogen and oxygen atoms in total. The molecule has 3 rings (SSSR count). The molecular formula is C14H21ClN4O. The van der Waals surface area contributed by atoms with Crippen molar-refractivity contribution in [2.24, 2.45) is 11.8 Å². The van der Waals surface area contributed by atoms with Crippen LogP contribution in [0.4, 0.5) is 0 Å². The van der Waals surface area contributed by atoms with E-state index in [0.29, 0.717) is 5.56 Å². The molecule has 0 radical (unpaired) electrons. The maximum absolute atomic E-state index is 12.5. The average molecular weight is 297 g/mol. The summed E-state index contributed by atoms with van der Waals surface area (Å²) in [5.74, 6) is 1.57. The van der Waals surface area contributed by atoms with E-state index in [2.05, 4.69) is 15.3 Å². The van der Waals surface area contributed by atoms with Crippen LogP contribution >= 0.6 is 12.4 Å². The number of carbonyl (C=O) groups excluding carboxylic acids is 1. The molecule has 1 N–H and O–H groups in total. The van der Waals surface area contributed by atoms with E-state index in [1.807, 2.05) is 11.8 Å². The molecule has 0 saturated carbocycles. The molecule has 110 valence electrons. The highest BCUT2D eigenvalue weighted by Gasteiger charge is 2.31. The Morgan fingerprint density at radius 1 is 1.30 bits per heavy atom. The molecular weight excluding hydrogens is 276 g/mol. The molecule has 0 bridgehead atoms. The summed E-state index contributed by atoms with van der Waals surface area (Å²) in [6, 6.07) is 0. The Kier molecular flexibility index (Phi) is 4.94. The number of aryl methyl sites for hydroxylation is 1. The fourth-order valence-electron chi connectivity index (χ4n) is 3.19. The number of nitrogens with zero attached hydrogens (tertiary/aromatic N) is 3. The monoisotopic (exact) mass is 296 g/mol. The number of hydrogen-bond acceptors (Lipinski definition) is 4. The highest BCUT2D eigenvalue weighted by molar-refractivity contribution is 5.94. The Morgan fingerprint density at radius 3 is 2.55 bits per heavy atom. The van der Waals surface area contributed by atoms with Crippen molar-refractivity contribution in [3.63, 3.8) is 0 Å². The van der Waals surface area contributed by atoms with Crippen LogP contribution in [0, 0.1) is 18.8 Å². The predicted molar refractivity (Wildman–Crippen MR) is 79.0 cm³/mol. The van der Waals surface area contributed by atoms with Crippen LogP contribution in [-0.4, -0.2) is 47.0 Å². The van der Waals surface area contributed by atoms with E-state index >= 15 is 0 Å². The van der Waals surface area contributed by atoms with Gasteiger partial charge in [-0.25, -0.2) is 9.97 Å². The van der Waals surface area contributed by atoms with Crippen molar-refractivity contribution in [2.75, 3.05) is 26.2 Å². The molecule has 2 aliphatic rings. The minimum Gasteiger partial charge on any atom is -0.339 e. The van der Waals surface area contributed by atoms with E-state index < -0.39 is 0 Å². The third-order valence-corrected chi connectivity index (χ3v) is 4.45. The molecule has 1 aromatic heterocycles. The van der Waals surface area contributed by atoms with Crippen LogP contribution in [0.15, 0.2) is 12.5 Å². The Morgan fingerprint density at radius 2 is 1.95 bits per heavy atom. The number of halogens is 1. The summed E-state index contributed by atoms with van der Waals surface area (Å²) in [5, 5.41) is 3.45. The first kappa shape index (κ1) is 15.2. The molecule has 2 saturated heterocycles. The number of carbonyl (C=O) groups is 1. The zero-order valence-electron chi connectivity index (χ0n) is 11.7. The Hall–Kier alpha value is -1.20. The first-order chi connectivity index (χ1) is 9.25. The Bertz CT molecular complexity index is 468. The Balaban J connectivity index is 0.00000147. The summed E-state index contributed by atoms with van der Waals surface area (Å²) in [6.45, 7) is 5.80. The van der Waals surface area contributed by atoms with E-state index in [1.165, 1.54) is 6.33 Å². The highest BCUT2D eigenvalue weighted by atomic mass is 35.5. The van der Waals surface area contributed by atoms with Gasteiger partial charge >= 0.3 is 0 Å². The van der Waals surface area contributed by atoms with E-state index in [-0.39, 0.29) is 18.3 Å². The summed E-state index contributed by atoms with van der Waals surface area (Å²) in [4.78, 5) is 22.6. The fraction of sp³-hybridized carbons (Fsp3) is 0.643. The molecule has 0 aromatic carbocycles. The SMILES string of the molecule is Cc1ncncc1C(=O)N1CC[C@@H]2CNC[C@@H]2CC1.Cl. The minimum absolute atomic E-state index is 0. The third kappa shape index (κ3) is 2.94. The zero-order chi connectivity index (χ0) is 13.2. The molecule has 3 heterocycles. The molecule has 0 aliphatic carbocycles. The normalized spacial score (nSPS) is 25.6. The van der Waals surface area contributed by atoms with E-state index in [0.717, 1.165) is 56.6 Å². The van der Waals surface area contributed by atoms with Gasteiger partial charge < -0.3 is 10.2 Å². The molecule has 20 heavy (non-hydrogen) atoms. The second kappa shape index (κ2) is 6.50. The smallest absolute Gasteiger partial charge is 0.257 e. The lowest BCUT2D eigenvalue weighted by Gasteiger charge is -2.21. The number of aromatic nitrogens is 2. The third-order valence-electron chi connectivity index (χ3n) is 4.45. The lowest BCUT2D eigenvalue weighted by atomic mass is 9.92. The molecule has 2 atom stereocenters. The lowest BCUT2D eigenvalue weighted by molar-refractivity contribution is 0.0757. The number of nitrogens with one attached hydrogen (secondary N) is 1. The van der Waals surface area contributed by atoms with Crippen LogP contribution in [0.1, 0.15) is 28.9 Å². The number of amides is 1. The van der Waals surface area contributed by atoms with Crippen molar-refractivity contribution < 1.29 is 4.79 Å². The van der Waals surface area contributed by atoms with Gasteiger partial charge in [-0.3, -0.25) is 4.79 Å².